The van der Waals surface area contributed by atoms with Crippen LogP contribution in [0.5, 0.6) is 0 Å². The summed E-state index contributed by atoms with van der Waals surface area (Å²) < 4.78 is 1.74. The summed E-state index contributed by atoms with van der Waals surface area (Å²) >= 11 is 0. The Bertz CT molecular complexity index is 634. The summed E-state index contributed by atoms with van der Waals surface area (Å²) in [6.07, 6.45) is 6.83. The highest BCUT2D eigenvalue weighted by atomic mass is 15.3. The van der Waals surface area contributed by atoms with Crippen LogP contribution < -0.4 is 5.32 Å². The number of rotatable bonds is 4. The van der Waals surface area contributed by atoms with E-state index >= 15 is 0 Å². The fraction of sp³-hybridized carbons (Fsp3) is 0.0714. The van der Waals surface area contributed by atoms with Crippen molar-refractivity contribution in [2.24, 2.45) is 0 Å². The molecule has 3 aromatic rings. The van der Waals surface area contributed by atoms with E-state index in [0.29, 0.717) is 0 Å². The van der Waals surface area contributed by atoms with Gasteiger partial charge in [0.2, 0.25) is 0 Å². The molecule has 5 heteroatoms. The van der Waals surface area contributed by atoms with Gasteiger partial charge in [-0.25, -0.2) is 9.67 Å². The molecule has 0 aliphatic rings. The van der Waals surface area contributed by atoms with Crippen LogP contribution in [0.4, 0.5) is 5.69 Å². The number of para-hydroxylation sites is 2. The molecule has 19 heavy (non-hydrogen) atoms. The van der Waals surface area contributed by atoms with Crippen molar-refractivity contribution in [3.63, 3.8) is 0 Å². The van der Waals surface area contributed by atoms with Crippen LogP contribution in [0.2, 0.25) is 0 Å². The average molecular weight is 251 g/mol. The minimum absolute atomic E-state index is 0.722. The highest BCUT2D eigenvalue weighted by molar-refractivity contribution is 5.60. The van der Waals surface area contributed by atoms with Crippen molar-refractivity contribution >= 4 is 5.69 Å². The Hall–Kier alpha value is -2.69. The number of hydrogen-bond acceptors (Lipinski definition) is 4. The normalized spacial score (nSPS) is 10.3. The van der Waals surface area contributed by atoms with Crippen LogP contribution in [-0.4, -0.2) is 19.7 Å². The maximum atomic E-state index is 4.16. The van der Waals surface area contributed by atoms with Gasteiger partial charge in [-0.15, -0.1) is 0 Å². The fourth-order valence-corrected chi connectivity index (χ4v) is 1.86. The third-order valence-electron chi connectivity index (χ3n) is 2.78. The van der Waals surface area contributed by atoms with Gasteiger partial charge in [-0.2, -0.15) is 5.10 Å². The van der Waals surface area contributed by atoms with Crippen molar-refractivity contribution < 1.29 is 0 Å². The van der Waals surface area contributed by atoms with E-state index in [1.807, 2.05) is 42.6 Å². The Balaban J connectivity index is 1.82. The first-order valence-corrected chi connectivity index (χ1v) is 6.00. The zero-order valence-corrected chi connectivity index (χ0v) is 10.3. The molecule has 1 aromatic carbocycles. The first kappa shape index (κ1) is 11.4. The lowest BCUT2D eigenvalue weighted by Crippen LogP contribution is -2.04. The molecule has 3 rings (SSSR count). The number of pyridine rings is 1. The molecule has 0 saturated carbocycles. The smallest absolute Gasteiger partial charge is 0.138 e. The number of benzene rings is 1. The lowest BCUT2D eigenvalue weighted by atomic mass is 10.2. The molecule has 0 aliphatic carbocycles. The van der Waals surface area contributed by atoms with E-state index in [-0.39, 0.29) is 0 Å². The van der Waals surface area contributed by atoms with Gasteiger partial charge in [0, 0.05) is 18.9 Å². The quantitative estimate of drug-likeness (QED) is 0.773. The first-order chi connectivity index (χ1) is 9.43. The Morgan fingerprint density at radius 3 is 2.79 bits per heavy atom. The Morgan fingerprint density at radius 2 is 2.00 bits per heavy atom. The number of nitrogens with zero attached hydrogens (tertiary/aromatic N) is 4. The molecule has 0 radical (unpaired) electrons. The Morgan fingerprint density at radius 1 is 1.05 bits per heavy atom. The predicted octanol–water partition coefficient (Wildman–Crippen LogP) is 2.27. The van der Waals surface area contributed by atoms with Crippen LogP contribution in [0.15, 0.2) is 61.4 Å². The van der Waals surface area contributed by atoms with E-state index in [0.717, 1.165) is 23.5 Å². The van der Waals surface area contributed by atoms with Gasteiger partial charge in [-0.05, 0) is 23.8 Å². The second-order valence-corrected chi connectivity index (χ2v) is 4.07. The number of aromatic nitrogens is 4. The number of nitrogens with one attached hydrogen (secondary N) is 1. The summed E-state index contributed by atoms with van der Waals surface area (Å²) in [4.78, 5) is 8.07. The molecule has 5 nitrogen and oxygen atoms in total. The zero-order chi connectivity index (χ0) is 12.9. The molecule has 0 saturated heterocycles. The third-order valence-corrected chi connectivity index (χ3v) is 2.78. The summed E-state index contributed by atoms with van der Waals surface area (Å²) in [5, 5.41) is 7.54. The number of anilines is 1. The zero-order valence-electron chi connectivity index (χ0n) is 10.3. The molecule has 94 valence electrons. The Labute approximate surface area is 111 Å². The number of hydrogen-bond donors (Lipinski definition) is 1. The van der Waals surface area contributed by atoms with E-state index < -0.39 is 0 Å². The Kier molecular flexibility index (Phi) is 3.18. The van der Waals surface area contributed by atoms with Crippen molar-refractivity contribution in [1.29, 1.82) is 0 Å². The van der Waals surface area contributed by atoms with Gasteiger partial charge in [-0.1, -0.05) is 18.2 Å². The van der Waals surface area contributed by atoms with Crippen LogP contribution in [0.25, 0.3) is 5.69 Å². The summed E-state index contributed by atoms with van der Waals surface area (Å²) in [6.45, 7) is 0.722. The molecule has 0 aliphatic heterocycles. The predicted molar refractivity (Wildman–Crippen MR) is 72.9 cm³/mol. The summed E-state index contributed by atoms with van der Waals surface area (Å²) in [5.41, 5.74) is 3.12. The van der Waals surface area contributed by atoms with Crippen LogP contribution in [0.1, 0.15) is 5.56 Å². The average Bonchev–Trinajstić information content (AvgIpc) is 3.01. The molecule has 0 amide bonds. The second kappa shape index (κ2) is 5.30. The largest absolute Gasteiger partial charge is 0.379 e. The van der Waals surface area contributed by atoms with Crippen molar-refractivity contribution in [2.45, 2.75) is 6.54 Å². The molecule has 2 heterocycles. The summed E-state index contributed by atoms with van der Waals surface area (Å²) in [6, 6.07) is 12.0. The third kappa shape index (κ3) is 2.60. The molecule has 0 atom stereocenters. The molecule has 1 N–H and O–H groups in total. The monoisotopic (exact) mass is 251 g/mol. The van der Waals surface area contributed by atoms with Crippen LogP contribution >= 0.6 is 0 Å². The molecule has 0 bridgehead atoms. The SMILES string of the molecule is c1cncc(CNc2ccccc2-n2cncn2)c1. The molecule has 2 aromatic heterocycles. The highest BCUT2D eigenvalue weighted by Crippen LogP contribution is 2.19. The highest BCUT2D eigenvalue weighted by Gasteiger charge is 2.04. The van der Waals surface area contributed by atoms with Gasteiger partial charge >= 0.3 is 0 Å². The lowest BCUT2D eigenvalue weighted by molar-refractivity contribution is 0.877. The van der Waals surface area contributed by atoms with E-state index in [1.165, 1.54) is 6.33 Å². The van der Waals surface area contributed by atoms with E-state index in [9.17, 15) is 0 Å². The van der Waals surface area contributed by atoms with Gasteiger partial charge in [0.25, 0.3) is 0 Å². The fourth-order valence-electron chi connectivity index (χ4n) is 1.86. The lowest BCUT2D eigenvalue weighted by Gasteiger charge is -2.11. The second-order valence-electron chi connectivity index (χ2n) is 4.07. The summed E-state index contributed by atoms with van der Waals surface area (Å²) in [5.74, 6) is 0. The minimum atomic E-state index is 0.722. The van der Waals surface area contributed by atoms with Gasteiger partial charge in [0.05, 0.1) is 11.4 Å². The van der Waals surface area contributed by atoms with Crippen molar-refractivity contribution in [2.75, 3.05) is 5.32 Å². The standard InChI is InChI=1S/C14H13N5/c1-2-6-14(19-11-16-10-18-19)13(5-1)17-9-12-4-3-7-15-8-12/h1-8,10-11,17H,9H2. The van der Waals surface area contributed by atoms with Crippen molar-refractivity contribution in [3.8, 4) is 5.69 Å². The minimum Gasteiger partial charge on any atom is -0.379 e. The van der Waals surface area contributed by atoms with E-state index in [2.05, 4.69) is 20.4 Å². The van der Waals surface area contributed by atoms with Crippen molar-refractivity contribution in [1.82, 2.24) is 19.7 Å². The van der Waals surface area contributed by atoms with Gasteiger partial charge in [0.1, 0.15) is 12.7 Å². The van der Waals surface area contributed by atoms with E-state index in [1.54, 1.807) is 17.2 Å². The van der Waals surface area contributed by atoms with Gasteiger partial charge in [-0.3, -0.25) is 4.98 Å². The van der Waals surface area contributed by atoms with E-state index in [4.69, 9.17) is 0 Å². The van der Waals surface area contributed by atoms with Crippen molar-refractivity contribution in [3.05, 3.63) is 67.0 Å². The van der Waals surface area contributed by atoms with Crippen LogP contribution in [-0.2, 0) is 6.54 Å². The van der Waals surface area contributed by atoms with Gasteiger partial charge < -0.3 is 5.32 Å². The maximum absolute atomic E-state index is 4.16. The molecule has 0 spiro atoms. The maximum Gasteiger partial charge on any atom is 0.138 e. The molecular weight excluding hydrogens is 238 g/mol. The molecule has 0 fully saturated rings. The topological polar surface area (TPSA) is 55.6 Å². The van der Waals surface area contributed by atoms with Gasteiger partial charge in [0.15, 0.2) is 0 Å². The molecular formula is C14H13N5. The molecule has 0 unspecified atom stereocenters. The van der Waals surface area contributed by atoms with Crippen LogP contribution in [0.3, 0.4) is 0 Å². The summed E-state index contributed by atoms with van der Waals surface area (Å²) in [7, 11) is 0. The first-order valence-electron chi connectivity index (χ1n) is 6.00. The van der Waals surface area contributed by atoms with Crippen LogP contribution in [0, 0.1) is 0 Å².